The molecule has 0 bridgehead atoms. The van der Waals surface area contributed by atoms with Crippen LogP contribution in [-0.2, 0) is 6.61 Å². The number of methoxy groups -OCH3 is 1. The van der Waals surface area contributed by atoms with Gasteiger partial charge in [0.2, 0.25) is 0 Å². The number of rotatable bonds is 4. The number of aryl methyl sites for hydroxylation is 2. The molecule has 0 aliphatic heterocycles. The van der Waals surface area contributed by atoms with Gasteiger partial charge >= 0.3 is 0 Å². The molecule has 0 amide bonds. The monoisotopic (exact) mass is 258 g/mol. The van der Waals surface area contributed by atoms with E-state index >= 15 is 0 Å². The van der Waals surface area contributed by atoms with Crippen molar-refractivity contribution in [2.75, 3.05) is 7.11 Å². The average Bonchev–Trinajstić information content (AvgIpc) is 2.75. The molecular weight excluding hydrogens is 244 g/mol. The second kappa shape index (κ2) is 5.44. The number of benzene rings is 1. The summed E-state index contributed by atoms with van der Waals surface area (Å²) in [6.45, 7) is 3.96. The fraction of sp³-hybridized carbons (Fsp3) is 0.286. The molecule has 2 rings (SSSR count). The minimum Gasteiger partial charge on any atom is -0.493 e. The third-order valence-electron chi connectivity index (χ3n) is 2.86. The van der Waals surface area contributed by atoms with Gasteiger partial charge in [0.05, 0.1) is 23.9 Å². The van der Waals surface area contributed by atoms with E-state index in [4.69, 9.17) is 19.3 Å². The molecule has 0 radical (unpaired) electrons. The largest absolute Gasteiger partial charge is 0.493 e. The average molecular weight is 258 g/mol. The van der Waals surface area contributed by atoms with Crippen molar-refractivity contribution >= 4 is 0 Å². The van der Waals surface area contributed by atoms with Gasteiger partial charge in [-0.15, -0.1) is 0 Å². The molecule has 0 aliphatic rings. The van der Waals surface area contributed by atoms with E-state index < -0.39 is 0 Å². The Labute approximate surface area is 111 Å². The summed E-state index contributed by atoms with van der Waals surface area (Å²) >= 11 is 0. The lowest BCUT2D eigenvalue weighted by molar-refractivity contribution is 0.280. The van der Waals surface area contributed by atoms with E-state index in [1.807, 2.05) is 13.8 Å². The van der Waals surface area contributed by atoms with Crippen LogP contribution in [0, 0.1) is 25.2 Å². The molecule has 0 saturated heterocycles. The highest BCUT2D eigenvalue weighted by Crippen LogP contribution is 2.31. The van der Waals surface area contributed by atoms with Gasteiger partial charge in [0, 0.05) is 0 Å². The topological polar surface area (TPSA) is 68.3 Å². The predicted molar refractivity (Wildman–Crippen MR) is 68.0 cm³/mol. The van der Waals surface area contributed by atoms with E-state index in [9.17, 15) is 0 Å². The smallest absolute Gasteiger partial charge is 0.179 e. The van der Waals surface area contributed by atoms with Crippen molar-refractivity contribution in [1.29, 1.82) is 5.26 Å². The van der Waals surface area contributed by atoms with Gasteiger partial charge in [0.1, 0.15) is 18.4 Å². The first-order valence-corrected chi connectivity index (χ1v) is 5.79. The second-order valence-corrected chi connectivity index (χ2v) is 4.04. The minimum atomic E-state index is 0.288. The lowest BCUT2D eigenvalue weighted by Gasteiger charge is -2.11. The number of ether oxygens (including phenoxy) is 2. The summed E-state index contributed by atoms with van der Waals surface area (Å²) in [6.07, 6.45) is 0. The van der Waals surface area contributed by atoms with Gasteiger partial charge in [-0.3, -0.25) is 0 Å². The lowest BCUT2D eigenvalue weighted by atomic mass is 10.2. The van der Waals surface area contributed by atoms with Crippen LogP contribution < -0.4 is 9.47 Å². The van der Waals surface area contributed by atoms with Gasteiger partial charge < -0.3 is 14.0 Å². The van der Waals surface area contributed by atoms with Crippen LogP contribution in [-0.4, -0.2) is 12.3 Å². The maximum Gasteiger partial charge on any atom is 0.179 e. The Balaban J connectivity index is 2.27. The van der Waals surface area contributed by atoms with E-state index in [1.165, 1.54) is 0 Å². The summed E-state index contributed by atoms with van der Waals surface area (Å²) < 4.78 is 16.0. The third kappa shape index (κ3) is 2.52. The van der Waals surface area contributed by atoms with E-state index in [-0.39, 0.29) is 6.61 Å². The van der Waals surface area contributed by atoms with E-state index in [1.54, 1.807) is 25.3 Å². The van der Waals surface area contributed by atoms with Crippen molar-refractivity contribution in [2.45, 2.75) is 20.5 Å². The van der Waals surface area contributed by atoms with Crippen molar-refractivity contribution in [3.8, 4) is 17.6 Å². The Hall–Kier alpha value is -2.48. The fourth-order valence-electron chi connectivity index (χ4n) is 1.77. The van der Waals surface area contributed by atoms with Gasteiger partial charge in [-0.1, -0.05) is 11.2 Å². The fourth-order valence-corrected chi connectivity index (χ4v) is 1.77. The molecule has 0 unspecified atom stereocenters. The molecule has 98 valence electrons. The number of para-hydroxylation sites is 1. The number of aromatic nitrogens is 1. The highest BCUT2D eigenvalue weighted by Gasteiger charge is 2.14. The van der Waals surface area contributed by atoms with Crippen molar-refractivity contribution in [1.82, 2.24) is 5.16 Å². The van der Waals surface area contributed by atoms with Gasteiger partial charge in [0.25, 0.3) is 0 Å². The Morgan fingerprint density at radius 3 is 2.74 bits per heavy atom. The second-order valence-electron chi connectivity index (χ2n) is 4.04. The first kappa shape index (κ1) is 13.0. The van der Waals surface area contributed by atoms with Crippen LogP contribution in [0.15, 0.2) is 22.7 Å². The van der Waals surface area contributed by atoms with Crippen LogP contribution in [0.2, 0.25) is 0 Å². The number of hydrogen-bond acceptors (Lipinski definition) is 5. The Morgan fingerprint density at radius 2 is 2.16 bits per heavy atom. The molecule has 0 spiro atoms. The summed E-state index contributed by atoms with van der Waals surface area (Å²) in [5.41, 5.74) is 2.10. The maximum absolute atomic E-state index is 9.09. The van der Waals surface area contributed by atoms with E-state index in [0.29, 0.717) is 22.8 Å². The van der Waals surface area contributed by atoms with Gasteiger partial charge in [-0.05, 0) is 26.0 Å². The van der Waals surface area contributed by atoms with Crippen LogP contribution in [0.5, 0.6) is 11.5 Å². The normalized spacial score (nSPS) is 10.0. The van der Waals surface area contributed by atoms with Crippen LogP contribution in [0.1, 0.15) is 22.6 Å². The third-order valence-corrected chi connectivity index (χ3v) is 2.86. The lowest BCUT2D eigenvalue weighted by Crippen LogP contribution is -2.01. The summed E-state index contributed by atoms with van der Waals surface area (Å²) in [7, 11) is 1.54. The van der Waals surface area contributed by atoms with Crippen LogP contribution in [0.3, 0.4) is 0 Å². The Kier molecular flexibility index (Phi) is 3.71. The van der Waals surface area contributed by atoms with Gasteiger partial charge in [-0.25, -0.2) is 0 Å². The first-order valence-electron chi connectivity index (χ1n) is 5.79. The molecule has 5 heteroatoms. The maximum atomic E-state index is 9.09. The first-order chi connectivity index (χ1) is 9.17. The van der Waals surface area contributed by atoms with E-state index in [0.717, 1.165) is 11.3 Å². The molecule has 1 aromatic carbocycles. The predicted octanol–water partition coefficient (Wildman–Crippen LogP) is 2.75. The molecule has 1 heterocycles. The summed E-state index contributed by atoms with van der Waals surface area (Å²) in [6, 6.07) is 7.27. The number of hydrogen-bond donors (Lipinski definition) is 0. The summed E-state index contributed by atoms with van der Waals surface area (Å²) in [5, 5.41) is 13.0. The zero-order valence-electron chi connectivity index (χ0n) is 11.1. The Bertz CT molecular complexity index is 607. The molecular formula is C14H14N2O3. The minimum absolute atomic E-state index is 0.288. The molecule has 0 N–H and O–H groups in total. The molecule has 0 aliphatic carbocycles. The molecule has 0 fully saturated rings. The van der Waals surface area contributed by atoms with Crippen molar-refractivity contribution in [3.63, 3.8) is 0 Å². The standard InChI is InChI=1S/C14H14N2O3/c1-9-12(10(2)19-16-9)8-18-14-11(7-15)5-4-6-13(14)17-3/h4-6H,8H2,1-3H3. The number of nitriles is 1. The van der Waals surface area contributed by atoms with Crippen molar-refractivity contribution in [2.24, 2.45) is 0 Å². The molecule has 1 aromatic heterocycles. The SMILES string of the molecule is COc1cccc(C#N)c1OCc1c(C)noc1C. The van der Waals surface area contributed by atoms with E-state index in [2.05, 4.69) is 11.2 Å². The molecule has 19 heavy (non-hydrogen) atoms. The highest BCUT2D eigenvalue weighted by atomic mass is 16.5. The molecule has 0 saturated carbocycles. The van der Waals surface area contributed by atoms with Gasteiger partial charge in [0.15, 0.2) is 11.5 Å². The zero-order valence-corrected chi connectivity index (χ0v) is 11.1. The number of nitrogens with zero attached hydrogens (tertiary/aromatic N) is 2. The van der Waals surface area contributed by atoms with Crippen molar-refractivity contribution in [3.05, 3.63) is 40.8 Å². The molecule has 0 atom stereocenters. The Morgan fingerprint density at radius 1 is 1.37 bits per heavy atom. The van der Waals surface area contributed by atoms with Crippen LogP contribution in [0.4, 0.5) is 0 Å². The van der Waals surface area contributed by atoms with Gasteiger partial charge in [-0.2, -0.15) is 5.26 Å². The quantitative estimate of drug-likeness (QED) is 0.843. The summed E-state index contributed by atoms with van der Waals surface area (Å²) in [4.78, 5) is 0. The highest BCUT2D eigenvalue weighted by molar-refractivity contribution is 5.52. The van der Waals surface area contributed by atoms with Crippen LogP contribution >= 0.6 is 0 Å². The van der Waals surface area contributed by atoms with Crippen LogP contribution in [0.25, 0.3) is 0 Å². The molecule has 2 aromatic rings. The van der Waals surface area contributed by atoms with Crippen molar-refractivity contribution < 1.29 is 14.0 Å². The zero-order chi connectivity index (χ0) is 13.8. The summed E-state index contributed by atoms with van der Waals surface area (Å²) in [5.74, 6) is 1.68. The molecule has 5 nitrogen and oxygen atoms in total.